The Morgan fingerprint density at radius 2 is 1.89 bits per heavy atom. The van der Waals surface area contributed by atoms with Gasteiger partial charge in [0.2, 0.25) is 0 Å². The molecule has 1 aliphatic rings. The van der Waals surface area contributed by atoms with E-state index in [9.17, 15) is 9.90 Å². The predicted octanol–water partition coefficient (Wildman–Crippen LogP) is 6.69. The molecule has 180 valence electrons. The van der Waals surface area contributed by atoms with Crippen LogP contribution >= 0.6 is 0 Å². The zero-order chi connectivity index (χ0) is 25.1. The quantitative estimate of drug-likeness (QED) is 0.358. The number of halogens is 1. The molecule has 0 aliphatic carbocycles. The van der Waals surface area contributed by atoms with Gasteiger partial charge in [-0.05, 0) is 86.5 Å². The summed E-state index contributed by atoms with van der Waals surface area (Å²) in [6, 6.07) is 11.1. The zero-order valence-corrected chi connectivity index (χ0v) is 20.5. The van der Waals surface area contributed by atoms with Crippen LogP contribution in [0.3, 0.4) is 0 Å². The maximum Gasteiger partial charge on any atom is 0.337 e. The molecular weight excluding hydrogens is 445 g/mol. The highest BCUT2D eigenvalue weighted by Crippen LogP contribution is 2.45. The summed E-state index contributed by atoms with van der Waals surface area (Å²) in [6.45, 7) is 9.59. The lowest BCUT2D eigenvalue weighted by atomic mass is 9.85. The minimum Gasteiger partial charge on any atom is -0.493 e. The monoisotopic (exact) mass is 473 g/mol. The lowest BCUT2D eigenvalue weighted by Gasteiger charge is -2.29. The van der Waals surface area contributed by atoms with Crippen molar-refractivity contribution in [2.75, 3.05) is 6.61 Å². The van der Waals surface area contributed by atoms with Crippen molar-refractivity contribution in [1.29, 1.82) is 0 Å². The topological polar surface area (TPSA) is 68.7 Å². The van der Waals surface area contributed by atoms with E-state index < -0.39 is 17.7 Å². The van der Waals surface area contributed by atoms with Crippen LogP contribution < -0.4 is 4.74 Å². The standard InChI is InChI=1S/C29H28FNO4/c1-15-6-7-18-20(25(15)30)14-16(2)22(27(28(32)33)35-29(3,4)5)24(18)19-8-9-21-23-17(11-13-34-21)10-12-31-26(19)23/h6-10,12,14,27H,11,13H2,1-5H3,(H,32,33)/t27-/m1/s1. The summed E-state index contributed by atoms with van der Waals surface area (Å²) < 4.78 is 27.3. The second-order valence-electron chi connectivity index (χ2n) is 10.1. The molecule has 0 saturated heterocycles. The van der Waals surface area contributed by atoms with E-state index in [1.54, 1.807) is 25.3 Å². The molecule has 6 heteroatoms. The highest BCUT2D eigenvalue weighted by Gasteiger charge is 2.33. The first-order valence-corrected chi connectivity index (χ1v) is 11.7. The van der Waals surface area contributed by atoms with E-state index in [1.165, 1.54) is 0 Å². The van der Waals surface area contributed by atoms with Gasteiger partial charge in [-0.25, -0.2) is 9.18 Å². The average molecular weight is 474 g/mol. The van der Waals surface area contributed by atoms with Crippen molar-refractivity contribution in [3.8, 4) is 16.9 Å². The van der Waals surface area contributed by atoms with E-state index in [1.807, 2.05) is 52.0 Å². The Balaban J connectivity index is 1.94. The summed E-state index contributed by atoms with van der Waals surface area (Å²) in [5, 5.41) is 12.2. The van der Waals surface area contributed by atoms with E-state index in [0.29, 0.717) is 45.1 Å². The van der Waals surface area contributed by atoms with Crippen LogP contribution in [-0.2, 0) is 16.0 Å². The van der Waals surface area contributed by atoms with E-state index >= 15 is 4.39 Å². The first-order chi connectivity index (χ1) is 16.6. The van der Waals surface area contributed by atoms with Crippen LogP contribution in [0.5, 0.6) is 5.75 Å². The molecule has 0 saturated carbocycles. The number of hydrogen-bond donors (Lipinski definition) is 1. The van der Waals surface area contributed by atoms with Gasteiger partial charge in [-0.15, -0.1) is 0 Å². The van der Waals surface area contributed by atoms with Crippen molar-refractivity contribution in [3.05, 3.63) is 70.7 Å². The van der Waals surface area contributed by atoms with Crippen molar-refractivity contribution in [1.82, 2.24) is 4.98 Å². The van der Waals surface area contributed by atoms with E-state index in [4.69, 9.17) is 14.5 Å². The Kier molecular flexibility index (Phi) is 5.52. The molecule has 1 atom stereocenters. The number of ether oxygens (including phenoxy) is 2. The normalized spacial score (nSPS) is 14.2. The third-order valence-corrected chi connectivity index (χ3v) is 6.49. The van der Waals surface area contributed by atoms with Crippen LogP contribution in [0, 0.1) is 19.7 Å². The van der Waals surface area contributed by atoms with Gasteiger partial charge < -0.3 is 14.6 Å². The lowest BCUT2D eigenvalue weighted by Crippen LogP contribution is -2.28. The zero-order valence-electron chi connectivity index (χ0n) is 20.5. The first-order valence-electron chi connectivity index (χ1n) is 11.7. The summed E-state index contributed by atoms with van der Waals surface area (Å²) in [4.78, 5) is 17.3. The molecule has 2 heterocycles. The summed E-state index contributed by atoms with van der Waals surface area (Å²) in [5.74, 6) is -0.671. The van der Waals surface area contributed by atoms with Crippen LogP contribution in [0.1, 0.15) is 49.1 Å². The summed E-state index contributed by atoms with van der Waals surface area (Å²) in [5.41, 5.74) is 4.14. The second-order valence-corrected chi connectivity index (χ2v) is 10.1. The molecule has 0 bridgehead atoms. The number of hydrogen-bond acceptors (Lipinski definition) is 4. The van der Waals surface area contributed by atoms with Crippen molar-refractivity contribution in [3.63, 3.8) is 0 Å². The van der Waals surface area contributed by atoms with Gasteiger partial charge in [0, 0.05) is 34.5 Å². The van der Waals surface area contributed by atoms with Crippen LogP contribution in [0.4, 0.5) is 4.39 Å². The van der Waals surface area contributed by atoms with Crippen LogP contribution in [0.2, 0.25) is 0 Å². The molecule has 0 radical (unpaired) electrons. The summed E-state index contributed by atoms with van der Waals surface area (Å²) >= 11 is 0. The number of carboxylic acid groups (broad SMARTS) is 1. The Labute approximate surface area is 203 Å². The Hall–Kier alpha value is -3.51. The number of aliphatic carboxylic acids is 1. The Bertz CT molecular complexity index is 1490. The van der Waals surface area contributed by atoms with Crippen LogP contribution in [0.15, 0.2) is 42.6 Å². The number of aromatic nitrogens is 1. The molecule has 35 heavy (non-hydrogen) atoms. The smallest absolute Gasteiger partial charge is 0.337 e. The largest absolute Gasteiger partial charge is 0.493 e. The second kappa shape index (κ2) is 8.31. The molecule has 0 fully saturated rings. The highest BCUT2D eigenvalue weighted by atomic mass is 19.1. The van der Waals surface area contributed by atoms with Gasteiger partial charge in [0.25, 0.3) is 0 Å². The van der Waals surface area contributed by atoms with Gasteiger partial charge in [0.05, 0.1) is 17.7 Å². The maximum absolute atomic E-state index is 15.4. The Morgan fingerprint density at radius 1 is 1.11 bits per heavy atom. The average Bonchev–Trinajstić information content (AvgIpc) is 2.80. The fourth-order valence-corrected chi connectivity index (χ4v) is 5.02. The highest BCUT2D eigenvalue weighted by molar-refractivity contribution is 6.09. The number of fused-ring (bicyclic) bond motifs is 1. The summed E-state index contributed by atoms with van der Waals surface area (Å²) in [6.07, 6.45) is 1.27. The molecule has 4 aromatic rings. The minimum atomic E-state index is -1.25. The van der Waals surface area contributed by atoms with E-state index in [0.717, 1.165) is 28.7 Å². The Morgan fingerprint density at radius 3 is 2.60 bits per heavy atom. The third-order valence-electron chi connectivity index (χ3n) is 6.49. The van der Waals surface area contributed by atoms with Gasteiger partial charge in [-0.3, -0.25) is 4.98 Å². The number of nitrogens with zero attached hydrogens (tertiary/aromatic N) is 1. The van der Waals surface area contributed by atoms with Crippen molar-refractivity contribution >= 4 is 27.6 Å². The molecule has 3 aromatic carbocycles. The minimum absolute atomic E-state index is 0.318. The van der Waals surface area contributed by atoms with Crippen molar-refractivity contribution in [2.24, 2.45) is 0 Å². The predicted molar refractivity (Wildman–Crippen MR) is 135 cm³/mol. The molecule has 0 spiro atoms. The SMILES string of the molecule is Cc1cc2c(F)c(C)ccc2c(-c2ccc3c4c(ccnc24)CCO3)c1[C@@H](OC(C)(C)C)C(=O)O. The number of aryl methyl sites for hydroxylation is 2. The van der Waals surface area contributed by atoms with Gasteiger partial charge >= 0.3 is 5.97 Å². The third kappa shape index (κ3) is 3.92. The number of pyridine rings is 1. The van der Waals surface area contributed by atoms with Gasteiger partial charge in [0.1, 0.15) is 11.6 Å². The molecule has 1 aromatic heterocycles. The first kappa shape index (κ1) is 23.2. The number of benzene rings is 3. The van der Waals surface area contributed by atoms with Gasteiger partial charge in [-0.1, -0.05) is 12.1 Å². The summed E-state index contributed by atoms with van der Waals surface area (Å²) in [7, 11) is 0. The molecule has 1 N–H and O–H groups in total. The van der Waals surface area contributed by atoms with Crippen LogP contribution in [0.25, 0.3) is 32.8 Å². The van der Waals surface area contributed by atoms with Crippen LogP contribution in [-0.4, -0.2) is 28.3 Å². The number of carboxylic acids is 1. The number of carbonyl (C=O) groups is 1. The molecule has 0 unspecified atom stereocenters. The molecule has 0 amide bonds. The lowest BCUT2D eigenvalue weighted by molar-refractivity contribution is -0.160. The van der Waals surface area contributed by atoms with E-state index in [2.05, 4.69) is 0 Å². The number of rotatable bonds is 4. The maximum atomic E-state index is 15.4. The van der Waals surface area contributed by atoms with E-state index in [-0.39, 0.29) is 5.82 Å². The fourth-order valence-electron chi connectivity index (χ4n) is 5.02. The van der Waals surface area contributed by atoms with Crippen molar-refractivity contribution in [2.45, 2.75) is 52.7 Å². The van der Waals surface area contributed by atoms with Crippen molar-refractivity contribution < 1.29 is 23.8 Å². The molecule has 1 aliphatic heterocycles. The fraction of sp³-hybridized carbons (Fsp3) is 0.310. The molecular formula is C29H28FNO4. The molecule has 5 nitrogen and oxygen atoms in total. The van der Waals surface area contributed by atoms with Gasteiger partial charge in [0.15, 0.2) is 6.10 Å². The molecule has 5 rings (SSSR count). The van der Waals surface area contributed by atoms with Gasteiger partial charge in [-0.2, -0.15) is 0 Å².